The van der Waals surface area contributed by atoms with Gasteiger partial charge in [0, 0.05) is 5.56 Å². The monoisotopic (exact) mass is 267 g/mol. The van der Waals surface area contributed by atoms with Crippen LogP contribution >= 0.6 is 0 Å². The van der Waals surface area contributed by atoms with Gasteiger partial charge in [0.2, 0.25) is 0 Å². The predicted octanol–water partition coefficient (Wildman–Crippen LogP) is 2.79. The summed E-state index contributed by atoms with van der Waals surface area (Å²) in [5.41, 5.74) is 9.51. The molecule has 3 N–H and O–H groups in total. The lowest BCUT2D eigenvalue weighted by molar-refractivity contribution is 0.102. The molecule has 0 saturated carbocycles. The van der Waals surface area contributed by atoms with Crippen LogP contribution in [0.5, 0.6) is 0 Å². The summed E-state index contributed by atoms with van der Waals surface area (Å²) >= 11 is 0. The molecule has 1 aromatic heterocycles. The van der Waals surface area contributed by atoms with Gasteiger partial charge in [0.25, 0.3) is 5.91 Å². The minimum absolute atomic E-state index is 0.129. The lowest BCUT2D eigenvalue weighted by atomic mass is 9.90. The molecule has 2 aromatic rings. The Kier molecular flexibility index (Phi) is 3.37. The fourth-order valence-corrected chi connectivity index (χ4v) is 2.54. The molecule has 3 rings (SSSR count). The first-order valence-electron chi connectivity index (χ1n) is 6.87. The van der Waals surface area contributed by atoms with E-state index in [-0.39, 0.29) is 5.91 Å². The molecule has 0 bridgehead atoms. The quantitative estimate of drug-likeness (QED) is 0.879. The molecule has 1 aliphatic carbocycles. The molecule has 4 heteroatoms. The standard InChI is InChI=1S/C16H17N3O/c17-14-7-8-15(18-10-14)19-16(20)13-6-5-11-3-1-2-4-12(11)9-13/h5-10H,1-4,17H2,(H,18,19,20). The van der Waals surface area contributed by atoms with Crippen molar-refractivity contribution in [3.05, 3.63) is 53.2 Å². The van der Waals surface area contributed by atoms with Crippen molar-refractivity contribution in [2.75, 3.05) is 11.1 Å². The highest BCUT2D eigenvalue weighted by atomic mass is 16.1. The summed E-state index contributed by atoms with van der Waals surface area (Å²) in [6.07, 6.45) is 6.17. The topological polar surface area (TPSA) is 68.0 Å². The maximum atomic E-state index is 12.2. The number of nitrogens with zero attached hydrogens (tertiary/aromatic N) is 1. The second-order valence-corrected chi connectivity index (χ2v) is 5.12. The predicted molar refractivity (Wildman–Crippen MR) is 79.7 cm³/mol. The first kappa shape index (κ1) is 12.7. The Balaban J connectivity index is 1.78. The van der Waals surface area contributed by atoms with Crippen molar-refractivity contribution in [1.29, 1.82) is 0 Å². The zero-order valence-corrected chi connectivity index (χ0v) is 11.2. The van der Waals surface area contributed by atoms with Crippen molar-refractivity contribution in [2.24, 2.45) is 0 Å². The lowest BCUT2D eigenvalue weighted by Crippen LogP contribution is -2.14. The van der Waals surface area contributed by atoms with Gasteiger partial charge in [0.15, 0.2) is 0 Å². The summed E-state index contributed by atoms with van der Waals surface area (Å²) in [4.78, 5) is 16.3. The van der Waals surface area contributed by atoms with E-state index in [0.717, 1.165) is 12.8 Å². The second-order valence-electron chi connectivity index (χ2n) is 5.12. The number of hydrogen-bond acceptors (Lipinski definition) is 3. The molecule has 20 heavy (non-hydrogen) atoms. The third kappa shape index (κ3) is 2.64. The number of pyridine rings is 1. The van der Waals surface area contributed by atoms with Crippen LogP contribution in [-0.2, 0) is 12.8 Å². The summed E-state index contributed by atoms with van der Waals surface area (Å²) < 4.78 is 0. The largest absolute Gasteiger partial charge is 0.397 e. The molecule has 1 heterocycles. The first-order chi connectivity index (χ1) is 9.72. The van der Waals surface area contributed by atoms with Crippen molar-refractivity contribution in [3.63, 3.8) is 0 Å². The summed E-state index contributed by atoms with van der Waals surface area (Å²) in [6.45, 7) is 0. The smallest absolute Gasteiger partial charge is 0.256 e. The number of fused-ring (bicyclic) bond motifs is 1. The summed E-state index contributed by atoms with van der Waals surface area (Å²) in [6, 6.07) is 9.37. The Hall–Kier alpha value is -2.36. The van der Waals surface area contributed by atoms with Gasteiger partial charge in [-0.25, -0.2) is 4.98 Å². The molecule has 0 spiro atoms. The maximum absolute atomic E-state index is 12.2. The minimum Gasteiger partial charge on any atom is -0.397 e. The normalized spacial score (nSPS) is 13.6. The Morgan fingerprint density at radius 2 is 1.90 bits per heavy atom. The summed E-state index contributed by atoms with van der Waals surface area (Å²) in [7, 11) is 0. The number of aryl methyl sites for hydroxylation is 2. The van der Waals surface area contributed by atoms with E-state index in [1.807, 2.05) is 12.1 Å². The van der Waals surface area contributed by atoms with Gasteiger partial charge in [-0.1, -0.05) is 6.07 Å². The number of nitrogens with two attached hydrogens (primary N) is 1. The highest BCUT2D eigenvalue weighted by Crippen LogP contribution is 2.22. The average Bonchev–Trinajstić information content (AvgIpc) is 2.49. The summed E-state index contributed by atoms with van der Waals surface area (Å²) in [5.74, 6) is 0.387. The number of rotatable bonds is 2. The van der Waals surface area contributed by atoms with E-state index < -0.39 is 0 Å². The first-order valence-corrected chi connectivity index (χ1v) is 6.87. The van der Waals surface area contributed by atoms with Gasteiger partial charge in [0.05, 0.1) is 11.9 Å². The molecule has 1 aromatic carbocycles. The van der Waals surface area contributed by atoms with E-state index in [0.29, 0.717) is 17.1 Å². The summed E-state index contributed by atoms with van der Waals surface area (Å²) in [5, 5.41) is 2.79. The molecule has 0 saturated heterocycles. The number of anilines is 2. The van der Waals surface area contributed by atoms with Gasteiger partial charge in [-0.3, -0.25) is 4.79 Å². The maximum Gasteiger partial charge on any atom is 0.256 e. The Morgan fingerprint density at radius 1 is 1.10 bits per heavy atom. The fraction of sp³-hybridized carbons (Fsp3) is 0.250. The molecule has 1 amide bonds. The zero-order valence-electron chi connectivity index (χ0n) is 11.2. The van der Waals surface area contributed by atoms with Gasteiger partial charge in [-0.05, 0) is 61.1 Å². The van der Waals surface area contributed by atoms with Crippen LogP contribution in [0.3, 0.4) is 0 Å². The third-order valence-corrected chi connectivity index (χ3v) is 3.64. The third-order valence-electron chi connectivity index (χ3n) is 3.64. The van der Waals surface area contributed by atoms with Crippen molar-refractivity contribution < 1.29 is 4.79 Å². The fourth-order valence-electron chi connectivity index (χ4n) is 2.54. The van der Waals surface area contributed by atoms with E-state index in [1.54, 1.807) is 12.1 Å². The van der Waals surface area contributed by atoms with Crippen LogP contribution in [0.15, 0.2) is 36.5 Å². The Morgan fingerprint density at radius 3 is 2.65 bits per heavy atom. The van der Waals surface area contributed by atoms with Crippen molar-refractivity contribution in [1.82, 2.24) is 4.98 Å². The average molecular weight is 267 g/mol. The van der Waals surface area contributed by atoms with E-state index >= 15 is 0 Å². The molecule has 4 nitrogen and oxygen atoms in total. The SMILES string of the molecule is Nc1ccc(NC(=O)c2ccc3c(c2)CCCC3)nc1. The molecule has 0 unspecified atom stereocenters. The van der Waals surface area contributed by atoms with Crippen molar-refractivity contribution in [2.45, 2.75) is 25.7 Å². The highest BCUT2D eigenvalue weighted by molar-refractivity contribution is 6.03. The van der Waals surface area contributed by atoms with E-state index in [4.69, 9.17) is 5.73 Å². The van der Waals surface area contributed by atoms with Crippen LogP contribution < -0.4 is 11.1 Å². The van der Waals surface area contributed by atoms with E-state index in [2.05, 4.69) is 16.4 Å². The van der Waals surface area contributed by atoms with Crippen LogP contribution in [0.1, 0.15) is 34.3 Å². The Bertz CT molecular complexity index is 635. The number of aromatic nitrogens is 1. The number of benzene rings is 1. The molecule has 0 aliphatic heterocycles. The number of nitrogen functional groups attached to an aromatic ring is 1. The van der Waals surface area contributed by atoms with Crippen LogP contribution in [0, 0.1) is 0 Å². The molecular weight excluding hydrogens is 250 g/mol. The number of nitrogens with one attached hydrogen (secondary N) is 1. The van der Waals surface area contributed by atoms with Gasteiger partial charge >= 0.3 is 0 Å². The van der Waals surface area contributed by atoms with Crippen LogP contribution in [-0.4, -0.2) is 10.9 Å². The molecule has 1 aliphatic rings. The van der Waals surface area contributed by atoms with Crippen molar-refractivity contribution in [3.8, 4) is 0 Å². The van der Waals surface area contributed by atoms with Crippen LogP contribution in [0.25, 0.3) is 0 Å². The highest BCUT2D eigenvalue weighted by Gasteiger charge is 2.13. The number of amides is 1. The number of hydrogen-bond donors (Lipinski definition) is 2. The van der Waals surface area contributed by atoms with Crippen LogP contribution in [0.2, 0.25) is 0 Å². The van der Waals surface area contributed by atoms with Gasteiger partial charge < -0.3 is 11.1 Å². The van der Waals surface area contributed by atoms with Gasteiger partial charge in [0.1, 0.15) is 5.82 Å². The zero-order chi connectivity index (χ0) is 13.9. The van der Waals surface area contributed by atoms with E-state index in [1.165, 1.54) is 30.2 Å². The molecule has 0 fully saturated rings. The molecular formula is C16H17N3O. The van der Waals surface area contributed by atoms with Crippen molar-refractivity contribution >= 4 is 17.4 Å². The van der Waals surface area contributed by atoms with Crippen LogP contribution in [0.4, 0.5) is 11.5 Å². The molecule has 102 valence electrons. The molecule has 0 atom stereocenters. The minimum atomic E-state index is -0.129. The second kappa shape index (κ2) is 5.33. The molecule has 0 radical (unpaired) electrons. The lowest BCUT2D eigenvalue weighted by Gasteiger charge is -2.16. The Labute approximate surface area is 118 Å². The van der Waals surface area contributed by atoms with Gasteiger partial charge in [-0.15, -0.1) is 0 Å². The number of carbonyl (C=O) groups excluding carboxylic acids is 1. The van der Waals surface area contributed by atoms with E-state index in [9.17, 15) is 4.79 Å². The van der Waals surface area contributed by atoms with Gasteiger partial charge in [-0.2, -0.15) is 0 Å². The number of carbonyl (C=O) groups is 1.